The minimum absolute atomic E-state index is 0.102. The Morgan fingerprint density at radius 3 is 2.85 bits per heavy atom. The van der Waals surface area contributed by atoms with Crippen molar-refractivity contribution in [1.82, 2.24) is 24.7 Å². The van der Waals surface area contributed by atoms with Crippen LogP contribution in [0.4, 0.5) is 4.39 Å². The SMILES string of the molecule is O=C1c2ccc(-c3cccc4cnnn34)nc2CCN1Cc1cc(F)ccc1OC1CCCC1. The van der Waals surface area contributed by atoms with Crippen molar-refractivity contribution in [3.63, 3.8) is 0 Å². The van der Waals surface area contributed by atoms with E-state index in [1.807, 2.05) is 30.3 Å². The number of ether oxygens (including phenoxy) is 1. The number of benzene rings is 1. The average molecular weight is 458 g/mol. The highest BCUT2D eigenvalue weighted by molar-refractivity contribution is 5.96. The monoisotopic (exact) mass is 457 g/mol. The number of fused-ring (bicyclic) bond motifs is 2. The highest BCUT2D eigenvalue weighted by atomic mass is 19.1. The molecule has 4 heterocycles. The first-order valence-corrected chi connectivity index (χ1v) is 11.7. The van der Waals surface area contributed by atoms with Gasteiger partial charge in [-0.05, 0) is 68.1 Å². The van der Waals surface area contributed by atoms with Crippen molar-refractivity contribution in [2.45, 2.75) is 44.8 Å². The Morgan fingerprint density at radius 1 is 1.09 bits per heavy atom. The molecule has 6 rings (SSSR count). The van der Waals surface area contributed by atoms with E-state index in [1.165, 1.54) is 12.1 Å². The Balaban J connectivity index is 1.26. The zero-order valence-electron chi connectivity index (χ0n) is 18.7. The van der Waals surface area contributed by atoms with E-state index in [-0.39, 0.29) is 17.8 Å². The molecular weight excluding hydrogens is 433 g/mol. The predicted octanol–water partition coefficient (Wildman–Crippen LogP) is 4.45. The van der Waals surface area contributed by atoms with Gasteiger partial charge in [0.2, 0.25) is 0 Å². The molecule has 172 valence electrons. The lowest BCUT2D eigenvalue weighted by molar-refractivity contribution is 0.0722. The minimum Gasteiger partial charge on any atom is -0.490 e. The van der Waals surface area contributed by atoms with Crippen LogP contribution in [0.25, 0.3) is 16.9 Å². The highest BCUT2D eigenvalue weighted by Crippen LogP contribution is 2.30. The third kappa shape index (κ3) is 3.79. The van der Waals surface area contributed by atoms with Gasteiger partial charge in [-0.15, -0.1) is 5.10 Å². The van der Waals surface area contributed by atoms with E-state index in [9.17, 15) is 9.18 Å². The van der Waals surface area contributed by atoms with Crippen LogP contribution in [0.2, 0.25) is 0 Å². The molecular formula is C26H24FN5O2. The van der Waals surface area contributed by atoms with E-state index >= 15 is 0 Å². The van der Waals surface area contributed by atoms with Crippen LogP contribution in [0.15, 0.2) is 54.7 Å². The lowest BCUT2D eigenvalue weighted by Crippen LogP contribution is -2.37. The third-order valence-electron chi connectivity index (χ3n) is 6.68. The molecule has 0 radical (unpaired) electrons. The van der Waals surface area contributed by atoms with Crippen molar-refractivity contribution in [1.29, 1.82) is 0 Å². The number of carbonyl (C=O) groups is 1. The van der Waals surface area contributed by atoms with E-state index in [2.05, 4.69) is 10.3 Å². The Labute approximate surface area is 196 Å². The van der Waals surface area contributed by atoms with Gasteiger partial charge in [-0.3, -0.25) is 9.78 Å². The Bertz CT molecular complexity index is 1380. The number of carbonyl (C=O) groups excluding carboxylic acids is 1. The van der Waals surface area contributed by atoms with Gasteiger partial charge in [0.05, 0.1) is 40.5 Å². The fourth-order valence-electron chi connectivity index (χ4n) is 4.92. The standard InChI is InChI=1S/C26H24FN5O2/c27-18-8-11-25(34-20-5-1-2-6-20)17(14-18)16-31-13-12-22-21(26(31)33)9-10-23(29-22)24-7-3-4-19-15-28-30-32(19)24/h3-4,7-11,14-15,20H,1-2,5-6,12-13,16H2. The molecule has 2 aliphatic rings. The van der Waals surface area contributed by atoms with Crippen LogP contribution in [0, 0.1) is 5.82 Å². The van der Waals surface area contributed by atoms with Crippen LogP contribution in [0.5, 0.6) is 5.75 Å². The summed E-state index contributed by atoms with van der Waals surface area (Å²) in [5.74, 6) is 0.240. The number of hydrogen-bond acceptors (Lipinski definition) is 5. The first-order chi connectivity index (χ1) is 16.7. The largest absolute Gasteiger partial charge is 0.490 e. The minimum atomic E-state index is -0.327. The van der Waals surface area contributed by atoms with Gasteiger partial charge in [0.25, 0.3) is 5.91 Å². The molecule has 1 aliphatic carbocycles. The third-order valence-corrected chi connectivity index (χ3v) is 6.68. The molecule has 0 bridgehead atoms. The molecule has 0 unspecified atom stereocenters. The van der Waals surface area contributed by atoms with Gasteiger partial charge in [0.15, 0.2) is 0 Å². The Kier molecular flexibility index (Phi) is 5.20. The summed E-state index contributed by atoms with van der Waals surface area (Å²) in [5, 5.41) is 8.11. The molecule has 0 atom stereocenters. The number of rotatable bonds is 5. The van der Waals surface area contributed by atoms with Crippen molar-refractivity contribution in [2.75, 3.05) is 6.54 Å². The summed E-state index contributed by atoms with van der Waals surface area (Å²) in [7, 11) is 0. The summed E-state index contributed by atoms with van der Waals surface area (Å²) in [4.78, 5) is 19.8. The van der Waals surface area contributed by atoms with Crippen LogP contribution in [0.1, 0.15) is 47.3 Å². The predicted molar refractivity (Wildman–Crippen MR) is 124 cm³/mol. The van der Waals surface area contributed by atoms with E-state index in [4.69, 9.17) is 9.72 Å². The van der Waals surface area contributed by atoms with Crippen LogP contribution in [-0.4, -0.2) is 43.3 Å². The summed E-state index contributed by atoms with van der Waals surface area (Å²) in [6.45, 7) is 0.813. The van der Waals surface area contributed by atoms with Crippen molar-refractivity contribution < 1.29 is 13.9 Å². The topological polar surface area (TPSA) is 72.6 Å². The van der Waals surface area contributed by atoms with E-state index in [0.29, 0.717) is 36.4 Å². The number of amides is 1. The number of nitrogens with zero attached hydrogens (tertiary/aromatic N) is 5. The number of halogens is 1. The second kappa shape index (κ2) is 8.52. The molecule has 0 saturated heterocycles. The quantitative estimate of drug-likeness (QED) is 0.443. The summed E-state index contributed by atoms with van der Waals surface area (Å²) >= 11 is 0. The van der Waals surface area contributed by atoms with Crippen LogP contribution < -0.4 is 4.74 Å². The second-order valence-corrected chi connectivity index (χ2v) is 8.93. The van der Waals surface area contributed by atoms with E-state index in [0.717, 1.165) is 48.3 Å². The molecule has 8 heteroatoms. The van der Waals surface area contributed by atoms with Gasteiger partial charge < -0.3 is 9.64 Å². The summed E-state index contributed by atoms with van der Waals surface area (Å²) in [5.41, 5.74) is 4.48. The van der Waals surface area contributed by atoms with Gasteiger partial charge >= 0.3 is 0 Å². The van der Waals surface area contributed by atoms with Crippen molar-refractivity contribution >= 4 is 11.4 Å². The molecule has 1 fully saturated rings. The fourth-order valence-corrected chi connectivity index (χ4v) is 4.92. The number of hydrogen-bond donors (Lipinski definition) is 0. The summed E-state index contributed by atoms with van der Waals surface area (Å²) in [6.07, 6.45) is 6.83. The van der Waals surface area contributed by atoms with Gasteiger partial charge in [0.1, 0.15) is 11.6 Å². The normalized spacial score (nSPS) is 16.3. The Hall–Kier alpha value is -3.81. The zero-order valence-corrected chi connectivity index (χ0v) is 18.7. The average Bonchev–Trinajstić information content (AvgIpc) is 3.54. The first-order valence-electron chi connectivity index (χ1n) is 11.7. The molecule has 0 N–H and O–H groups in total. The first kappa shape index (κ1) is 20.8. The Morgan fingerprint density at radius 2 is 1.97 bits per heavy atom. The molecule has 1 saturated carbocycles. The van der Waals surface area contributed by atoms with Crippen molar-refractivity contribution in [3.8, 4) is 17.1 Å². The molecule has 34 heavy (non-hydrogen) atoms. The van der Waals surface area contributed by atoms with Crippen molar-refractivity contribution in [2.24, 2.45) is 0 Å². The van der Waals surface area contributed by atoms with Gasteiger partial charge in [-0.2, -0.15) is 0 Å². The fraction of sp³-hybridized carbons (Fsp3) is 0.308. The second-order valence-electron chi connectivity index (χ2n) is 8.93. The lowest BCUT2D eigenvalue weighted by Gasteiger charge is -2.29. The number of pyridine rings is 2. The van der Waals surface area contributed by atoms with Crippen molar-refractivity contribution in [3.05, 3.63) is 77.4 Å². The maximum Gasteiger partial charge on any atom is 0.256 e. The molecule has 4 aromatic rings. The van der Waals surface area contributed by atoms with E-state index < -0.39 is 0 Å². The molecule has 7 nitrogen and oxygen atoms in total. The smallest absolute Gasteiger partial charge is 0.256 e. The lowest BCUT2D eigenvalue weighted by atomic mass is 10.0. The van der Waals surface area contributed by atoms with Crippen LogP contribution in [-0.2, 0) is 13.0 Å². The molecule has 1 amide bonds. The maximum absolute atomic E-state index is 14.1. The maximum atomic E-state index is 14.1. The molecule has 1 aliphatic heterocycles. The molecule has 3 aromatic heterocycles. The highest BCUT2D eigenvalue weighted by Gasteiger charge is 2.27. The van der Waals surface area contributed by atoms with Crippen LogP contribution >= 0.6 is 0 Å². The van der Waals surface area contributed by atoms with Gasteiger partial charge in [-0.25, -0.2) is 8.91 Å². The molecule has 1 aromatic carbocycles. The summed E-state index contributed by atoms with van der Waals surface area (Å²) in [6, 6.07) is 14.0. The summed E-state index contributed by atoms with van der Waals surface area (Å²) < 4.78 is 22.0. The van der Waals surface area contributed by atoms with E-state index in [1.54, 1.807) is 21.7 Å². The zero-order chi connectivity index (χ0) is 23.1. The van der Waals surface area contributed by atoms with Gasteiger partial charge in [-0.1, -0.05) is 11.3 Å². The van der Waals surface area contributed by atoms with Crippen LogP contribution in [0.3, 0.4) is 0 Å². The number of aromatic nitrogens is 4. The molecule has 0 spiro atoms. The van der Waals surface area contributed by atoms with Gasteiger partial charge in [0, 0.05) is 25.1 Å².